The molecule has 2 heterocycles. The van der Waals surface area contributed by atoms with Crippen molar-refractivity contribution in [3.05, 3.63) is 107 Å². The summed E-state index contributed by atoms with van der Waals surface area (Å²) < 4.78 is 0. The molecule has 36 heavy (non-hydrogen) atoms. The molecule has 3 N–H and O–H groups in total. The Labute approximate surface area is 210 Å². The van der Waals surface area contributed by atoms with Gasteiger partial charge in [-0.3, -0.25) is 19.9 Å². The van der Waals surface area contributed by atoms with Gasteiger partial charge in [0.05, 0.1) is 6.54 Å². The maximum atomic E-state index is 14.0. The first-order valence-corrected chi connectivity index (χ1v) is 12.3. The van der Waals surface area contributed by atoms with E-state index in [1.54, 1.807) is 6.07 Å². The van der Waals surface area contributed by atoms with Crippen molar-refractivity contribution in [3.8, 4) is 0 Å². The van der Waals surface area contributed by atoms with Gasteiger partial charge in [0.1, 0.15) is 0 Å². The van der Waals surface area contributed by atoms with Gasteiger partial charge in [0.2, 0.25) is 0 Å². The Hall–Kier alpha value is -3.97. The number of carbonyl (C=O) groups is 2. The second kappa shape index (κ2) is 9.95. The number of benzene rings is 3. The molecule has 7 nitrogen and oxygen atoms in total. The Kier molecular flexibility index (Phi) is 6.57. The van der Waals surface area contributed by atoms with Gasteiger partial charge in [0, 0.05) is 25.3 Å². The highest BCUT2D eigenvalue weighted by atomic mass is 16.3. The van der Waals surface area contributed by atoms with Gasteiger partial charge in [-0.25, -0.2) is 0 Å². The fourth-order valence-corrected chi connectivity index (χ4v) is 5.17. The van der Waals surface area contributed by atoms with E-state index in [1.807, 2.05) is 83.8 Å². The Balaban J connectivity index is 1.40. The Morgan fingerprint density at radius 1 is 0.944 bits per heavy atom. The molecule has 3 aromatic carbocycles. The minimum Gasteiger partial charge on any atom is -0.396 e. The van der Waals surface area contributed by atoms with E-state index in [1.165, 1.54) is 4.90 Å². The lowest BCUT2D eigenvalue weighted by molar-refractivity contribution is -0.130. The number of carbonyl (C=O) groups excluding carboxylic acids is 2. The van der Waals surface area contributed by atoms with Crippen molar-refractivity contribution >= 4 is 17.8 Å². The van der Waals surface area contributed by atoms with Gasteiger partial charge < -0.3 is 15.3 Å². The molecule has 0 saturated carbocycles. The number of guanidine groups is 1. The Bertz CT molecular complexity index is 1210. The number of aliphatic hydroxyl groups is 1. The van der Waals surface area contributed by atoms with Crippen molar-refractivity contribution in [1.29, 1.82) is 5.41 Å². The Morgan fingerprint density at radius 3 is 2.14 bits per heavy atom. The zero-order chi connectivity index (χ0) is 25.1. The minimum absolute atomic E-state index is 0.0236. The van der Waals surface area contributed by atoms with Crippen molar-refractivity contribution in [1.82, 2.24) is 15.1 Å². The van der Waals surface area contributed by atoms with E-state index >= 15 is 0 Å². The van der Waals surface area contributed by atoms with E-state index in [9.17, 15) is 14.7 Å². The van der Waals surface area contributed by atoms with Crippen LogP contribution in [0.2, 0.25) is 0 Å². The van der Waals surface area contributed by atoms with Crippen LogP contribution in [0.15, 0.2) is 84.9 Å². The third-order valence-corrected chi connectivity index (χ3v) is 7.23. The van der Waals surface area contributed by atoms with Gasteiger partial charge in [0.15, 0.2) is 11.5 Å². The van der Waals surface area contributed by atoms with Crippen LogP contribution in [-0.4, -0.2) is 52.4 Å². The standard InChI is InChI=1S/C29H30N4O3/c30-28-31-29(24-10-3-1-4-11-24,25-12-5-2-6-13-25)27(36)33(28)19-22-8-7-9-23(18-22)26(35)32-16-14-21(20-34)15-17-32/h1-13,18,21,34H,14-17,19-20H2,(H2,30,31). The third kappa shape index (κ3) is 4.27. The molecule has 0 spiro atoms. The molecule has 5 rings (SSSR count). The third-order valence-electron chi connectivity index (χ3n) is 7.23. The molecule has 0 atom stereocenters. The highest BCUT2D eigenvalue weighted by Crippen LogP contribution is 2.36. The van der Waals surface area contributed by atoms with Crippen molar-refractivity contribution in [2.45, 2.75) is 24.9 Å². The molecule has 0 unspecified atom stereocenters. The van der Waals surface area contributed by atoms with E-state index in [2.05, 4.69) is 5.32 Å². The van der Waals surface area contributed by atoms with E-state index in [4.69, 9.17) is 5.41 Å². The van der Waals surface area contributed by atoms with Crippen LogP contribution in [0.5, 0.6) is 0 Å². The number of piperidine rings is 1. The molecule has 2 amide bonds. The van der Waals surface area contributed by atoms with Gasteiger partial charge >= 0.3 is 0 Å². The molecule has 2 aliphatic rings. The van der Waals surface area contributed by atoms with Crippen molar-refractivity contribution in [2.24, 2.45) is 5.92 Å². The lowest BCUT2D eigenvalue weighted by Crippen LogP contribution is -2.45. The summed E-state index contributed by atoms with van der Waals surface area (Å²) in [5, 5.41) is 21.2. The number of amides is 2. The lowest BCUT2D eigenvalue weighted by atomic mass is 9.82. The maximum absolute atomic E-state index is 14.0. The molecule has 0 aromatic heterocycles. The quantitative estimate of drug-likeness (QED) is 0.502. The molecule has 184 valence electrons. The highest BCUT2D eigenvalue weighted by Gasteiger charge is 2.52. The minimum atomic E-state index is -1.19. The molecule has 0 aliphatic carbocycles. The first-order chi connectivity index (χ1) is 17.5. The summed E-state index contributed by atoms with van der Waals surface area (Å²) in [5.74, 6) is 0.00916. The summed E-state index contributed by atoms with van der Waals surface area (Å²) >= 11 is 0. The molecule has 2 saturated heterocycles. The van der Waals surface area contributed by atoms with Crippen LogP contribution >= 0.6 is 0 Å². The smallest absolute Gasteiger partial charge is 0.264 e. The van der Waals surface area contributed by atoms with Gasteiger partial charge in [-0.2, -0.15) is 0 Å². The van der Waals surface area contributed by atoms with Crippen molar-refractivity contribution in [2.75, 3.05) is 19.7 Å². The highest BCUT2D eigenvalue weighted by molar-refractivity contribution is 6.10. The molecule has 0 bridgehead atoms. The van der Waals surface area contributed by atoms with Gasteiger partial charge in [-0.05, 0) is 47.6 Å². The molecule has 3 aromatic rings. The van der Waals surface area contributed by atoms with Crippen molar-refractivity contribution in [3.63, 3.8) is 0 Å². The number of hydrogen-bond acceptors (Lipinski definition) is 4. The molecule has 7 heteroatoms. The number of nitrogens with one attached hydrogen (secondary N) is 2. The predicted molar refractivity (Wildman–Crippen MR) is 137 cm³/mol. The summed E-state index contributed by atoms with van der Waals surface area (Å²) in [6.07, 6.45) is 1.60. The van der Waals surface area contributed by atoms with Crippen LogP contribution in [0.4, 0.5) is 0 Å². The van der Waals surface area contributed by atoms with Crippen LogP contribution in [0.1, 0.15) is 39.9 Å². The second-order valence-corrected chi connectivity index (χ2v) is 9.47. The SMILES string of the molecule is N=C1NC(c2ccccc2)(c2ccccc2)C(=O)N1Cc1cccc(C(=O)N2CCC(CO)CC2)c1. The largest absolute Gasteiger partial charge is 0.396 e. The van der Waals surface area contributed by atoms with Crippen LogP contribution < -0.4 is 5.32 Å². The number of hydrogen-bond donors (Lipinski definition) is 3. The summed E-state index contributed by atoms with van der Waals surface area (Å²) in [6, 6.07) is 26.2. The predicted octanol–water partition coefficient (Wildman–Crippen LogP) is 3.34. The summed E-state index contributed by atoms with van der Waals surface area (Å²) in [4.78, 5) is 30.4. The van der Waals surface area contributed by atoms with Crippen LogP contribution in [0, 0.1) is 11.3 Å². The average Bonchev–Trinajstić information content (AvgIpc) is 3.19. The lowest BCUT2D eigenvalue weighted by Gasteiger charge is -2.31. The number of likely N-dealkylation sites (tertiary alicyclic amines) is 1. The first-order valence-electron chi connectivity index (χ1n) is 12.3. The Morgan fingerprint density at radius 2 is 1.56 bits per heavy atom. The zero-order valence-corrected chi connectivity index (χ0v) is 20.1. The van der Waals surface area contributed by atoms with Gasteiger partial charge in [-0.15, -0.1) is 0 Å². The van der Waals surface area contributed by atoms with Crippen molar-refractivity contribution < 1.29 is 14.7 Å². The topological polar surface area (TPSA) is 96.7 Å². The number of nitrogens with zero attached hydrogens (tertiary/aromatic N) is 2. The molecule has 0 radical (unpaired) electrons. The first kappa shape index (κ1) is 23.8. The zero-order valence-electron chi connectivity index (χ0n) is 20.1. The second-order valence-electron chi connectivity index (χ2n) is 9.47. The van der Waals surface area contributed by atoms with E-state index in [0.717, 1.165) is 29.5 Å². The van der Waals surface area contributed by atoms with Gasteiger partial charge in [-0.1, -0.05) is 72.8 Å². The average molecular weight is 483 g/mol. The maximum Gasteiger partial charge on any atom is 0.264 e. The molecule has 2 fully saturated rings. The molecule has 2 aliphatic heterocycles. The van der Waals surface area contributed by atoms with Crippen LogP contribution in [-0.2, 0) is 16.9 Å². The fraction of sp³-hybridized carbons (Fsp3) is 0.276. The normalized spacial score (nSPS) is 17.8. The molecular formula is C29H30N4O3. The van der Waals surface area contributed by atoms with E-state index in [-0.39, 0.29) is 36.8 Å². The van der Waals surface area contributed by atoms with Crippen LogP contribution in [0.25, 0.3) is 0 Å². The fourth-order valence-electron chi connectivity index (χ4n) is 5.17. The van der Waals surface area contributed by atoms with Crippen LogP contribution in [0.3, 0.4) is 0 Å². The van der Waals surface area contributed by atoms with E-state index < -0.39 is 5.54 Å². The van der Waals surface area contributed by atoms with Gasteiger partial charge in [0.25, 0.3) is 11.8 Å². The molecular weight excluding hydrogens is 452 g/mol. The summed E-state index contributed by atoms with van der Waals surface area (Å²) in [6.45, 7) is 1.60. The monoisotopic (exact) mass is 482 g/mol. The van der Waals surface area contributed by atoms with E-state index in [0.29, 0.717) is 18.7 Å². The number of rotatable bonds is 6. The number of aliphatic hydroxyl groups excluding tert-OH is 1. The summed E-state index contributed by atoms with van der Waals surface area (Å²) in [7, 11) is 0. The summed E-state index contributed by atoms with van der Waals surface area (Å²) in [5.41, 5.74) is 1.69.